The van der Waals surface area contributed by atoms with Crippen LogP contribution in [0.3, 0.4) is 0 Å². The van der Waals surface area contributed by atoms with Gasteiger partial charge in [-0.25, -0.2) is 8.78 Å². The third-order valence-corrected chi connectivity index (χ3v) is 1.94. The number of hydrogen-bond donors (Lipinski definition) is 1. The minimum absolute atomic E-state index is 0.249. The molecule has 0 saturated carbocycles. The summed E-state index contributed by atoms with van der Waals surface area (Å²) < 4.78 is 26.4. The Morgan fingerprint density at radius 2 is 2.14 bits per heavy atom. The summed E-state index contributed by atoms with van der Waals surface area (Å²) in [6, 6.07) is 4.02. The fraction of sp³-hybridized carbons (Fsp3) is 0.300. The standard InChI is InChI=1S/C10H9F2NO/c1-6-2-3-7(11)9(10(6)12)8(14)4-5-13/h2-3,8,14H,4H2,1H3. The minimum atomic E-state index is -1.40. The Hall–Kier alpha value is -1.47. The summed E-state index contributed by atoms with van der Waals surface area (Å²) >= 11 is 0. The first-order valence-electron chi connectivity index (χ1n) is 4.07. The number of hydrogen-bond acceptors (Lipinski definition) is 2. The molecule has 4 heteroatoms. The van der Waals surface area contributed by atoms with Crippen LogP contribution in [0.4, 0.5) is 8.78 Å². The first kappa shape index (κ1) is 10.6. The highest BCUT2D eigenvalue weighted by Crippen LogP contribution is 2.24. The molecule has 0 spiro atoms. The summed E-state index contributed by atoms with van der Waals surface area (Å²) in [5.74, 6) is -1.61. The van der Waals surface area contributed by atoms with Gasteiger partial charge in [0.25, 0.3) is 0 Å². The molecule has 0 aliphatic carbocycles. The molecule has 0 fully saturated rings. The van der Waals surface area contributed by atoms with Crippen molar-refractivity contribution in [2.75, 3.05) is 0 Å². The van der Waals surface area contributed by atoms with Crippen LogP contribution in [0, 0.1) is 29.9 Å². The van der Waals surface area contributed by atoms with Gasteiger partial charge in [-0.05, 0) is 18.6 Å². The molecule has 1 rings (SSSR count). The van der Waals surface area contributed by atoms with E-state index in [1.165, 1.54) is 13.0 Å². The van der Waals surface area contributed by atoms with E-state index in [0.717, 1.165) is 6.07 Å². The molecule has 2 nitrogen and oxygen atoms in total. The highest BCUT2D eigenvalue weighted by atomic mass is 19.1. The van der Waals surface area contributed by atoms with E-state index >= 15 is 0 Å². The molecule has 1 aromatic rings. The van der Waals surface area contributed by atoms with Gasteiger partial charge in [0.1, 0.15) is 11.6 Å². The maximum Gasteiger partial charge on any atom is 0.134 e. The molecule has 0 aliphatic rings. The van der Waals surface area contributed by atoms with Crippen molar-refractivity contribution in [3.05, 3.63) is 34.9 Å². The number of nitrogens with zero attached hydrogens (tertiary/aromatic N) is 1. The van der Waals surface area contributed by atoms with Gasteiger partial charge in [0.2, 0.25) is 0 Å². The van der Waals surface area contributed by atoms with E-state index in [1.807, 2.05) is 0 Å². The Labute approximate surface area is 80.4 Å². The zero-order valence-corrected chi connectivity index (χ0v) is 7.59. The zero-order valence-electron chi connectivity index (χ0n) is 7.59. The van der Waals surface area contributed by atoms with E-state index in [-0.39, 0.29) is 12.0 Å². The number of aliphatic hydroxyl groups is 1. The fourth-order valence-corrected chi connectivity index (χ4v) is 1.17. The second kappa shape index (κ2) is 4.16. The summed E-state index contributed by atoms with van der Waals surface area (Å²) in [6.07, 6.45) is -1.73. The van der Waals surface area contributed by atoms with Gasteiger partial charge in [0.05, 0.1) is 24.2 Å². The quantitative estimate of drug-likeness (QED) is 0.789. The van der Waals surface area contributed by atoms with Crippen molar-refractivity contribution in [3.8, 4) is 6.07 Å². The summed E-state index contributed by atoms with van der Waals surface area (Å²) in [5.41, 5.74) is -0.176. The molecule has 0 amide bonds. The van der Waals surface area contributed by atoms with Crippen molar-refractivity contribution in [2.24, 2.45) is 0 Å². The average Bonchev–Trinajstić information content (AvgIpc) is 2.13. The third-order valence-electron chi connectivity index (χ3n) is 1.94. The number of nitriles is 1. The number of halogens is 2. The largest absolute Gasteiger partial charge is 0.387 e. The molecule has 14 heavy (non-hydrogen) atoms. The van der Waals surface area contributed by atoms with Crippen LogP contribution in [0.2, 0.25) is 0 Å². The lowest BCUT2D eigenvalue weighted by molar-refractivity contribution is 0.173. The first-order valence-corrected chi connectivity index (χ1v) is 4.07. The summed E-state index contributed by atoms with van der Waals surface area (Å²) in [7, 11) is 0. The molecular weight excluding hydrogens is 188 g/mol. The van der Waals surface area contributed by atoms with Crippen molar-refractivity contribution >= 4 is 0 Å². The number of rotatable bonds is 2. The molecule has 1 N–H and O–H groups in total. The van der Waals surface area contributed by atoms with Gasteiger partial charge in [0, 0.05) is 0 Å². The SMILES string of the molecule is Cc1ccc(F)c(C(O)CC#N)c1F. The van der Waals surface area contributed by atoms with Gasteiger partial charge >= 0.3 is 0 Å². The predicted octanol–water partition coefficient (Wildman–Crippen LogP) is 2.22. The van der Waals surface area contributed by atoms with E-state index in [9.17, 15) is 13.9 Å². The molecular formula is C10H9F2NO. The van der Waals surface area contributed by atoms with Crippen molar-refractivity contribution in [1.82, 2.24) is 0 Å². The van der Waals surface area contributed by atoms with E-state index in [0.29, 0.717) is 0 Å². The molecule has 0 saturated heterocycles. The Bertz CT molecular complexity index is 384. The Morgan fingerprint density at radius 1 is 1.50 bits per heavy atom. The molecule has 0 aromatic heterocycles. The van der Waals surface area contributed by atoms with Gasteiger partial charge in [-0.1, -0.05) is 6.07 Å². The Kier molecular flexibility index (Phi) is 3.15. The van der Waals surface area contributed by atoms with E-state index in [4.69, 9.17) is 5.26 Å². The van der Waals surface area contributed by atoms with Crippen LogP contribution in [0.25, 0.3) is 0 Å². The molecule has 74 valence electrons. The second-order valence-corrected chi connectivity index (χ2v) is 2.97. The van der Waals surface area contributed by atoms with Gasteiger partial charge in [0.15, 0.2) is 0 Å². The van der Waals surface area contributed by atoms with Gasteiger partial charge in [-0.2, -0.15) is 5.26 Å². The van der Waals surface area contributed by atoms with Gasteiger partial charge in [-0.15, -0.1) is 0 Å². The van der Waals surface area contributed by atoms with E-state index in [1.54, 1.807) is 6.07 Å². The lowest BCUT2D eigenvalue weighted by Gasteiger charge is -2.10. The first-order chi connectivity index (χ1) is 6.57. The molecule has 0 radical (unpaired) electrons. The van der Waals surface area contributed by atoms with Crippen molar-refractivity contribution < 1.29 is 13.9 Å². The smallest absolute Gasteiger partial charge is 0.134 e. The minimum Gasteiger partial charge on any atom is -0.387 e. The highest BCUT2D eigenvalue weighted by Gasteiger charge is 2.18. The van der Waals surface area contributed by atoms with Crippen LogP contribution >= 0.6 is 0 Å². The van der Waals surface area contributed by atoms with Crippen molar-refractivity contribution in [2.45, 2.75) is 19.4 Å². The van der Waals surface area contributed by atoms with Crippen LogP contribution in [0.1, 0.15) is 23.7 Å². The summed E-state index contributed by atoms with van der Waals surface area (Å²) in [4.78, 5) is 0. The maximum atomic E-state index is 13.3. The molecule has 1 unspecified atom stereocenters. The predicted molar refractivity (Wildman–Crippen MR) is 46.3 cm³/mol. The fourth-order valence-electron chi connectivity index (χ4n) is 1.17. The van der Waals surface area contributed by atoms with Gasteiger partial charge in [-0.3, -0.25) is 0 Å². The van der Waals surface area contributed by atoms with Crippen molar-refractivity contribution in [1.29, 1.82) is 5.26 Å². The number of benzene rings is 1. The Balaban J connectivity index is 3.19. The van der Waals surface area contributed by atoms with Crippen molar-refractivity contribution in [3.63, 3.8) is 0 Å². The van der Waals surface area contributed by atoms with Gasteiger partial charge < -0.3 is 5.11 Å². The highest BCUT2D eigenvalue weighted by molar-refractivity contribution is 5.28. The zero-order chi connectivity index (χ0) is 10.7. The summed E-state index contributed by atoms with van der Waals surface area (Å²) in [5, 5.41) is 17.6. The normalized spacial score (nSPS) is 12.2. The van der Waals surface area contributed by atoms with Crippen LogP contribution in [0.15, 0.2) is 12.1 Å². The molecule has 0 bridgehead atoms. The molecule has 0 heterocycles. The lowest BCUT2D eigenvalue weighted by Crippen LogP contribution is -2.04. The molecule has 1 atom stereocenters. The van der Waals surface area contributed by atoms with Crippen LogP contribution in [-0.2, 0) is 0 Å². The van der Waals surface area contributed by atoms with Crippen LogP contribution in [0.5, 0.6) is 0 Å². The lowest BCUT2D eigenvalue weighted by atomic mass is 10.0. The summed E-state index contributed by atoms with van der Waals surface area (Å²) in [6.45, 7) is 1.47. The number of aryl methyl sites for hydroxylation is 1. The van der Waals surface area contributed by atoms with Crippen LogP contribution < -0.4 is 0 Å². The average molecular weight is 197 g/mol. The number of aliphatic hydroxyl groups excluding tert-OH is 1. The van der Waals surface area contributed by atoms with E-state index in [2.05, 4.69) is 0 Å². The van der Waals surface area contributed by atoms with E-state index < -0.39 is 23.3 Å². The monoisotopic (exact) mass is 197 g/mol. The van der Waals surface area contributed by atoms with Crippen LogP contribution in [-0.4, -0.2) is 5.11 Å². The molecule has 0 aliphatic heterocycles. The maximum absolute atomic E-state index is 13.3. The third kappa shape index (κ3) is 1.88. The molecule has 1 aromatic carbocycles. The second-order valence-electron chi connectivity index (χ2n) is 2.97. The topological polar surface area (TPSA) is 44.0 Å². The Morgan fingerprint density at radius 3 is 2.71 bits per heavy atom.